The lowest BCUT2D eigenvalue weighted by Gasteiger charge is -2.09. The molecule has 0 bridgehead atoms. The molecule has 2 saturated carbocycles. The second-order valence-corrected chi connectivity index (χ2v) is 5.67. The summed E-state index contributed by atoms with van der Waals surface area (Å²) in [6.07, 6.45) is 8.22. The molecule has 1 aromatic rings. The van der Waals surface area contributed by atoms with Gasteiger partial charge in [-0.2, -0.15) is 0 Å². The van der Waals surface area contributed by atoms with Crippen molar-refractivity contribution in [1.82, 2.24) is 5.32 Å². The highest BCUT2D eigenvalue weighted by Gasteiger charge is 2.21. The molecule has 0 atom stereocenters. The third-order valence-corrected chi connectivity index (χ3v) is 3.99. The van der Waals surface area contributed by atoms with Crippen molar-refractivity contribution in [2.75, 3.05) is 0 Å². The fourth-order valence-electron chi connectivity index (χ4n) is 2.61. The summed E-state index contributed by atoms with van der Waals surface area (Å²) >= 11 is 0. The van der Waals surface area contributed by atoms with Crippen LogP contribution >= 0.6 is 0 Å². The summed E-state index contributed by atoms with van der Waals surface area (Å²) in [4.78, 5) is 0. The molecule has 0 unspecified atom stereocenters. The van der Waals surface area contributed by atoms with Crippen LogP contribution in [0.25, 0.3) is 0 Å². The Kier molecular flexibility index (Phi) is 3.71. The molecule has 0 saturated heterocycles. The van der Waals surface area contributed by atoms with Crippen LogP contribution < -0.4 is 5.32 Å². The first-order valence-corrected chi connectivity index (χ1v) is 7.24. The van der Waals surface area contributed by atoms with Crippen molar-refractivity contribution in [2.45, 2.75) is 70.7 Å². The van der Waals surface area contributed by atoms with E-state index in [9.17, 15) is 0 Å². The van der Waals surface area contributed by atoms with Crippen molar-refractivity contribution in [3.05, 3.63) is 23.2 Å². The third kappa shape index (κ3) is 3.15. The first kappa shape index (κ1) is 12.2. The molecular formula is C15H23NO2. The standard InChI is InChI=1S/C15H23NO2/c1-11-12(10-17-14-4-2-3-5-14)8-15(18-11)9-16-13-6-7-13/h8,13-14,16H,2-7,9-10H2,1H3. The molecular weight excluding hydrogens is 226 g/mol. The van der Waals surface area contributed by atoms with Crippen LogP contribution in [0, 0.1) is 6.92 Å². The average molecular weight is 249 g/mol. The minimum Gasteiger partial charge on any atom is -0.465 e. The van der Waals surface area contributed by atoms with Crippen molar-refractivity contribution < 1.29 is 9.15 Å². The summed E-state index contributed by atoms with van der Waals surface area (Å²) in [5.74, 6) is 2.06. The van der Waals surface area contributed by atoms with Crippen LogP contribution in [0.15, 0.2) is 10.5 Å². The molecule has 1 N–H and O–H groups in total. The Hall–Kier alpha value is -0.800. The Morgan fingerprint density at radius 1 is 1.28 bits per heavy atom. The van der Waals surface area contributed by atoms with Gasteiger partial charge in [0.15, 0.2) is 0 Å². The van der Waals surface area contributed by atoms with E-state index in [0.29, 0.717) is 12.7 Å². The fourth-order valence-corrected chi connectivity index (χ4v) is 2.61. The molecule has 18 heavy (non-hydrogen) atoms. The Morgan fingerprint density at radius 2 is 2.06 bits per heavy atom. The van der Waals surface area contributed by atoms with Crippen LogP contribution in [0.5, 0.6) is 0 Å². The first-order valence-electron chi connectivity index (χ1n) is 7.24. The highest BCUT2D eigenvalue weighted by molar-refractivity contribution is 5.20. The topological polar surface area (TPSA) is 34.4 Å². The lowest BCUT2D eigenvalue weighted by Crippen LogP contribution is -2.14. The monoisotopic (exact) mass is 249 g/mol. The maximum atomic E-state index is 5.94. The molecule has 0 radical (unpaired) electrons. The van der Waals surface area contributed by atoms with Gasteiger partial charge in [-0.05, 0) is 38.7 Å². The van der Waals surface area contributed by atoms with E-state index >= 15 is 0 Å². The Bertz CT molecular complexity index is 389. The summed E-state index contributed by atoms with van der Waals surface area (Å²) in [6.45, 7) is 3.60. The molecule has 0 spiro atoms. The molecule has 0 aliphatic heterocycles. The summed E-state index contributed by atoms with van der Waals surface area (Å²) in [5, 5.41) is 3.48. The van der Waals surface area contributed by atoms with E-state index in [0.717, 1.165) is 24.1 Å². The van der Waals surface area contributed by atoms with Gasteiger partial charge in [0.25, 0.3) is 0 Å². The highest BCUT2D eigenvalue weighted by Crippen LogP contribution is 2.24. The number of aryl methyl sites for hydroxylation is 1. The van der Waals surface area contributed by atoms with Gasteiger partial charge < -0.3 is 14.5 Å². The number of ether oxygens (including phenoxy) is 1. The van der Waals surface area contributed by atoms with Gasteiger partial charge in [0.05, 0.1) is 19.3 Å². The SMILES string of the molecule is Cc1oc(CNC2CC2)cc1COC1CCCC1. The van der Waals surface area contributed by atoms with Gasteiger partial charge in [0.1, 0.15) is 11.5 Å². The van der Waals surface area contributed by atoms with E-state index in [-0.39, 0.29) is 0 Å². The second-order valence-electron chi connectivity index (χ2n) is 5.67. The number of hydrogen-bond acceptors (Lipinski definition) is 3. The molecule has 100 valence electrons. The van der Waals surface area contributed by atoms with Crippen LogP contribution in [0.4, 0.5) is 0 Å². The molecule has 2 aliphatic carbocycles. The molecule has 0 aromatic carbocycles. The summed E-state index contributed by atoms with van der Waals surface area (Å²) < 4.78 is 11.7. The van der Waals surface area contributed by atoms with Crippen LogP contribution in [0.2, 0.25) is 0 Å². The molecule has 3 nitrogen and oxygen atoms in total. The van der Waals surface area contributed by atoms with E-state index in [1.807, 2.05) is 6.92 Å². The van der Waals surface area contributed by atoms with E-state index in [2.05, 4.69) is 11.4 Å². The van der Waals surface area contributed by atoms with Crippen molar-refractivity contribution >= 4 is 0 Å². The summed E-state index contributed by atoms with van der Waals surface area (Å²) in [7, 11) is 0. The van der Waals surface area contributed by atoms with Gasteiger partial charge in [-0.25, -0.2) is 0 Å². The van der Waals surface area contributed by atoms with Gasteiger partial charge in [-0.1, -0.05) is 12.8 Å². The molecule has 1 heterocycles. The number of nitrogens with one attached hydrogen (secondary N) is 1. The predicted molar refractivity (Wildman–Crippen MR) is 70.4 cm³/mol. The Labute approximate surface area is 109 Å². The molecule has 3 heteroatoms. The Morgan fingerprint density at radius 3 is 2.78 bits per heavy atom. The first-order chi connectivity index (χ1) is 8.81. The van der Waals surface area contributed by atoms with Crippen LogP contribution in [-0.4, -0.2) is 12.1 Å². The zero-order chi connectivity index (χ0) is 12.4. The normalized spacial score (nSPS) is 20.7. The minimum atomic E-state index is 0.479. The van der Waals surface area contributed by atoms with Gasteiger partial charge in [-0.3, -0.25) is 0 Å². The van der Waals surface area contributed by atoms with Gasteiger partial charge in [-0.15, -0.1) is 0 Å². The molecule has 0 amide bonds. The van der Waals surface area contributed by atoms with Crippen molar-refractivity contribution in [3.63, 3.8) is 0 Å². The lowest BCUT2D eigenvalue weighted by atomic mass is 10.2. The second kappa shape index (κ2) is 5.45. The van der Waals surface area contributed by atoms with Crippen molar-refractivity contribution in [1.29, 1.82) is 0 Å². The van der Waals surface area contributed by atoms with E-state index in [1.165, 1.54) is 44.1 Å². The maximum absolute atomic E-state index is 5.94. The van der Waals surface area contributed by atoms with Gasteiger partial charge >= 0.3 is 0 Å². The molecule has 3 rings (SSSR count). The zero-order valence-corrected chi connectivity index (χ0v) is 11.2. The summed E-state index contributed by atoms with van der Waals surface area (Å²) in [6, 6.07) is 2.88. The minimum absolute atomic E-state index is 0.479. The zero-order valence-electron chi connectivity index (χ0n) is 11.2. The fraction of sp³-hybridized carbons (Fsp3) is 0.733. The molecule has 2 aliphatic rings. The smallest absolute Gasteiger partial charge is 0.118 e. The van der Waals surface area contributed by atoms with Crippen LogP contribution in [0.3, 0.4) is 0 Å². The van der Waals surface area contributed by atoms with Gasteiger partial charge in [0.2, 0.25) is 0 Å². The van der Waals surface area contributed by atoms with Crippen LogP contribution in [0.1, 0.15) is 55.6 Å². The predicted octanol–water partition coefficient (Wildman–Crippen LogP) is 3.30. The van der Waals surface area contributed by atoms with Crippen LogP contribution in [-0.2, 0) is 17.9 Å². The van der Waals surface area contributed by atoms with E-state index < -0.39 is 0 Å². The third-order valence-electron chi connectivity index (χ3n) is 3.99. The molecule has 2 fully saturated rings. The quantitative estimate of drug-likeness (QED) is 0.840. The maximum Gasteiger partial charge on any atom is 0.118 e. The van der Waals surface area contributed by atoms with Crippen molar-refractivity contribution in [3.8, 4) is 0 Å². The number of rotatable bonds is 6. The lowest BCUT2D eigenvalue weighted by molar-refractivity contribution is 0.0451. The van der Waals surface area contributed by atoms with Gasteiger partial charge in [0, 0.05) is 11.6 Å². The Balaban J connectivity index is 1.50. The number of furan rings is 1. The molecule has 1 aromatic heterocycles. The largest absolute Gasteiger partial charge is 0.465 e. The number of hydrogen-bond donors (Lipinski definition) is 1. The van der Waals surface area contributed by atoms with E-state index in [4.69, 9.17) is 9.15 Å². The summed E-state index contributed by atoms with van der Waals surface area (Å²) in [5.41, 5.74) is 1.22. The van der Waals surface area contributed by atoms with E-state index in [1.54, 1.807) is 0 Å². The van der Waals surface area contributed by atoms with Crippen molar-refractivity contribution in [2.24, 2.45) is 0 Å². The highest BCUT2D eigenvalue weighted by atomic mass is 16.5. The average Bonchev–Trinajstić information content (AvgIpc) is 2.91.